The van der Waals surface area contributed by atoms with E-state index in [1.54, 1.807) is 50.2 Å². The van der Waals surface area contributed by atoms with Crippen LogP contribution in [0.25, 0.3) is 0 Å². The lowest BCUT2D eigenvalue weighted by molar-refractivity contribution is -0.122. The van der Waals surface area contributed by atoms with Crippen molar-refractivity contribution in [2.45, 2.75) is 20.0 Å². The van der Waals surface area contributed by atoms with Crippen LogP contribution in [0.15, 0.2) is 36.4 Å². The first-order chi connectivity index (χ1) is 11.8. The Hall–Kier alpha value is -2.24. The van der Waals surface area contributed by atoms with Crippen molar-refractivity contribution >= 4 is 40.8 Å². The van der Waals surface area contributed by atoms with Gasteiger partial charge in [0.15, 0.2) is 6.10 Å². The van der Waals surface area contributed by atoms with Crippen LogP contribution in [-0.2, 0) is 9.53 Å². The molecule has 2 aromatic rings. The summed E-state index contributed by atoms with van der Waals surface area (Å²) in [5, 5.41) is 3.52. The smallest absolute Gasteiger partial charge is 0.339 e. The van der Waals surface area contributed by atoms with E-state index in [9.17, 15) is 9.59 Å². The van der Waals surface area contributed by atoms with Crippen molar-refractivity contribution in [3.05, 3.63) is 57.6 Å². The second-order valence-electron chi connectivity index (χ2n) is 5.27. The summed E-state index contributed by atoms with van der Waals surface area (Å²) in [5.41, 5.74) is 1.27. The molecule has 0 aliphatic rings. The van der Waals surface area contributed by atoms with Gasteiger partial charge in [0, 0.05) is 5.02 Å². The molecule has 7 heteroatoms. The van der Waals surface area contributed by atoms with Gasteiger partial charge in [-0.2, -0.15) is 0 Å². The standard InChI is InChI=1S/C18H17Cl2NO4/c1-10-13(19)8-9-15(16(10)20)25-11(2)17(22)21-14-7-5-4-6-12(14)18(23)24-3/h4-9,11H,1-3H3,(H,21,22). The number of carbonyl (C=O) groups is 2. The van der Waals surface area contributed by atoms with Gasteiger partial charge in [-0.05, 0) is 43.7 Å². The number of esters is 1. The highest BCUT2D eigenvalue weighted by Gasteiger charge is 2.20. The Morgan fingerprint density at radius 1 is 1.12 bits per heavy atom. The van der Waals surface area contributed by atoms with Crippen LogP contribution in [-0.4, -0.2) is 25.1 Å². The third kappa shape index (κ3) is 4.44. The van der Waals surface area contributed by atoms with E-state index in [1.165, 1.54) is 7.11 Å². The van der Waals surface area contributed by atoms with Crippen LogP contribution >= 0.6 is 23.2 Å². The van der Waals surface area contributed by atoms with Gasteiger partial charge in [0.2, 0.25) is 0 Å². The van der Waals surface area contributed by atoms with Gasteiger partial charge in [-0.3, -0.25) is 4.79 Å². The molecule has 1 unspecified atom stereocenters. The molecule has 0 aliphatic carbocycles. The zero-order valence-corrected chi connectivity index (χ0v) is 15.4. The molecule has 0 saturated heterocycles. The van der Waals surface area contributed by atoms with Gasteiger partial charge in [-0.1, -0.05) is 35.3 Å². The Bertz CT molecular complexity index is 808. The Morgan fingerprint density at radius 2 is 1.80 bits per heavy atom. The lowest BCUT2D eigenvalue weighted by Gasteiger charge is -2.17. The molecule has 5 nitrogen and oxygen atoms in total. The molecule has 1 N–H and O–H groups in total. The number of anilines is 1. The predicted octanol–water partition coefficient (Wildman–Crippen LogP) is 4.49. The summed E-state index contributed by atoms with van der Waals surface area (Å²) in [6.45, 7) is 3.34. The monoisotopic (exact) mass is 381 g/mol. The van der Waals surface area contributed by atoms with Crippen molar-refractivity contribution in [2.24, 2.45) is 0 Å². The summed E-state index contributed by atoms with van der Waals surface area (Å²) in [6.07, 6.45) is -0.844. The first kappa shape index (κ1) is 19.1. The summed E-state index contributed by atoms with van der Waals surface area (Å²) in [5.74, 6) is -0.617. The van der Waals surface area contributed by atoms with Crippen molar-refractivity contribution in [1.82, 2.24) is 0 Å². The second-order valence-corrected chi connectivity index (χ2v) is 6.06. The van der Waals surface area contributed by atoms with E-state index in [1.807, 2.05) is 0 Å². The number of carbonyl (C=O) groups excluding carboxylic acids is 2. The number of methoxy groups -OCH3 is 1. The Kier molecular flexibility index (Phi) is 6.28. The van der Waals surface area contributed by atoms with E-state index in [-0.39, 0.29) is 5.56 Å². The molecule has 2 aromatic carbocycles. The maximum Gasteiger partial charge on any atom is 0.339 e. The molecule has 2 rings (SSSR count). The molecular formula is C18H17Cl2NO4. The van der Waals surface area contributed by atoms with Crippen LogP contribution in [0.5, 0.6) is 5.75 Å². The summed E-state index contributed by atoms with van der Waals surface area (Å²) >= 11 is 12.2. The molecule has 132 valence electrons. The molecule has 0 aliphatic heterocycles. The second kappa shape index (κ2) is 8.23. The summed E-state index contributed by atoms with van der Waals surface area (Å²) < 4.78 is 10.3. The number of hydrogen-bond acceptors (Lipinski definition) is 4. The number of ether oxygens (including phenoxy) is 2. The summed E-state index contributed by atoms with van der Waals surface area (Å²) in [4.78, 5) is 24.1. The van der Waals surface area contributed by atoms with Crippen LogP contribution in [0.1, 0.15) is 22.8 Å². The van der Waals surface area contributed by atoms with Crippen molar-refractivity contribution in [3.8, 4) is 5.75 Å². The lowest BCUT2D eigenvalue weighted by Crippen LogP contribution is -2.31. The van der Waals surface area contributed by atoms with E-state index in [4.69, 9.17) is 32.7 Å². The predicted molar refractivity (Wildman–Crippen MR) is 97.7 cm³/mol. The maximum absolute atomic E-state index is 12.4. The molecule has 0 aromatic heterocycles. The van der Waals surface area contributed by atoms with E-state index in [2.05, 4.69) is 5.32 Å². The van der Waals surface area contributed by atoms with Crippen molar-refractivity contribution in [1.29, 1.82) is 0 Å². The fraction of sp³-hybridized carbons (Fsp3) is 0.222. The molecular weight excluding hydrogens is 365 g/mol. The summed E-state index contributed by atoms with van der Waals surface area (Å²) in [7, 11) is 1.28. The fourth-order valence-corrected chi connectivity index (χ4v) is 2.50. The highest BCUT2D eigenvalue weighted by Crippen LogP contribution is 2.33. The number of hydrogen-bond donors (Lipinski definition) is 1. The lowest BCUT2D eigenvalue weighted by atomic mass is 10.1. The van der Waals surface area contributed by atoms with Gasteiger partial charge in [0.25, 0.3) is 5.91 Å². The molecule has 0 bridgehead atoms. The molecule has 0 spiro atoms. The molecule has 25 heavy (non-hydrogen) atoms. The van der Waals surface area contributed by atoms with E-state index in [0.717, 1.165) is 0 Å². The third-order valence-electron chi connectivity index (χ3n) is 3.55. The minimum absolute atomic E-state index is 0.255. The van der Waals surface area contributed by atoms with Crippen LogP contribution in [0.4, 0.5) is 5.69 Å². The first-order valence-electron chi connectivity index (χ1n) is 7.44. The minimum Gasteiger partial charge on any atom is -0.479 e. The van der Waals surface area contributed by atoms with Gasteiger partial charge in [0.05, 0.1) is 23.4 Å². The van der Waals surface area contributed by atoms with E-state index < -0.39 is 18.0 Å². The number of para-hydroxylation sites is 1. The molecule has 0 heterocycles. The summed E-state index contributed by atoms with van der Waals surface area (Å²) in [6, 6.07) is 9.80. The first-order valence-corrected chi connectivity index (χ1v) is 8.20. The van der Waals surface area contributed by atoms with Crippen molar-refractivity contribution in [2.75, 3.05) is 12.4 Å². The van der Waals surface area contributed by atoms with Crippen LogP contribution < -0.4 is 10.1 Å². The maximum atomic E-state index is 12.4. The molecule has 0 saturated carbocycles. The number of nitrogens with one attached hydrogen (secondary N) is 1. The van der Waals surface area contributed by atoms with Gasteiger partial charge < -0.3 is 14.8 Å². The van der Waals surface area contributed by atoms with Gasteiger partial charge in [-0.15, -0.1) is 0 Å². The molecule has 0 fully saturated rings. The van der Waals surface area contributed by atoms with Crippen LogP contribution in [0, 0.1) is 6.92 Å². The van der Waals surface area contributed by atoms with Crippen molar-refractivity contribution < 1.29 is 19.1 Å². The Labute approximate surface area is 155 Å². The van der Waals surface area contributed by atoms with E-state index >= 15 is 0 Å². The van der Waals surface area contributed by atoms with E-state index in [0.29, 0.717) is 27.0 Å². The van der Waals surface area contributed by atoms with Crippen molar-refractivity contribution in [3.63, 3.8) is 0 Å². The molecule has 1 amide bonds. The number of rotatable bonds is 5. The average Bonchev–Trinajstić information content (AvgIpc) is 2.61. The molecule has 1 atom stereocenters. The van der Waals surface area contributed by atoms with Gasteiger partial charge in [0.1, 0.15) is 5.75 Å². The highest BCUT2D eigenvalue weighted by atomic mass is 35.5. The Balaban J connectivity index is 2.14. The topological polar surface area (TPSA) is 64.6 Å². The van der Waals surface area contributed by atoms with Gasteiger partial charge in [-0.25, -0.2) is 4.79 Å². The largest absolute Gasteiger partial charge is 0.479 e. The third-order valence-corrected chi connectivity index (χ3v) is 4.43. The SMILES string of the molecule is COC(=O)c1ccccc1NC(=O)C(C)Oc1ccc(Cl)c(C)c1Cl. The number of benzene rings is 2. The zero-order valence-electron chi connectivity index (χ0n) is 13.9. The van der Waals surface area contributed by atoms with Crippen LogP contribution in [0.2, 0.25) is 10.0 Å². The normalized spacial score (nSPS) is 11.6. The minimum atomic E-state index is -0.844. The average molecular weight is 382 g/mol. The zero-order chi connectivity index (χ0) is 18.6. The van der Waals surface area contributed by atoms with Gasteiger partial charge >= 0.3 is 5.97 Å². The quantitative estimate of drug-likeness (QED) is 0.774. The highest BCUT2D eigenvalue weighted by molar-refractivity contribution is 6.36. The fourth-order valence-electron chi connectivity index (χ4n) is 2.09. The van der Waals surface area contributed by atoms with Crippen LogP contribution in [0.3, 0.4) is 0 Å². The molecule has 0 radical (unpaired) electrons. The Morgan fingerprint density at radius 3 is 2.48 bits per heavy atom. The number of halogens is 2. The number of amides is 1.